The van der Waals surface area contributed by atoms with Crippen molar-refractivity contribution in [2.45, 2.75) is 0 Å². The van der Waals surface area contributed by atoms with Gasteiger partial charge in [-0.2, -0.15) is 5.10 Å². The maximum Gasteiger partial charge on any atom is 0.125 e. The fourth-order valence-corrected chi connectivity index (χ4v) is 1.45. The summed E-state index contributed by atoms with van der Waals surface area (Å²) in [5, 5.41) is 4.04. The molecule has 0 unspecified atom stereocenters. The van der Waals surface area contributed by atoms with Gasteiger partial charge in [0, 0.05) is 6.20 Å². The molecule has 0 saturated carbocycles. The minimum Gasteiger partial charge on any atom is -0.397 e. The van der Waals surface area contributed by atoms with Crippen molar-refractivity contribution in [3.8, 4) is 5.69 Å². The first kappa shape index (κ1) is 9.21. The van der Waals surface area contributed by atoms with E-state index in [0.29, 0.717) is 11.4 Å². The van der Waals surface area contributed by atoms with E-state index in [1.54, 1.807) is 23.1 Å². The van der Waals surface area contributed by atoms with Crippen LogP contribution in [0.15, 0.2) is 35.1 Å². The van der Waals surface area contributed by atoms with Crippen molar-refractivity contribution >= 4 is 21.6 Å². The Morgan fingerprint density at radius 3 is 2.79 bits per heavy atom. The minimum atomic E-state index is -0.350. The number of aromatic nitrogens is 2. The van der Waals surface area contributed by atoms with Crippen molar-refractivity contribution < 1.29 is 4.39 Å². The van der Waals surface area contributed by atoms with E-state index in [9.17, 15) is 4.39 Å². The highest BCUT2D eigenvalue weighted by Gasteiger charge is 2.04. The number of rotatable bonds is 1. The van der Waals surface area contributed by atoms with Crippen LogP contribution in [0.4, 0.5) is 10.1 Å². The molecule has 0 amide bonds. The lowest BCUT2D eigenvalue weighted by Gasteiger charge is -2.04. The van der Waals surface area contributed by atoms with E-state index in [4.69, 9.17) is 5.73 Å². The zero-order valence-electron chi connectivity index (χ0n) is 7.11. The second-order valence-corrected chi connectivity index (χ2v) is 3.72. The van der Waals surface area contributed by atoms with Crippen LogP contribution in [0, 0.1) is 5.82 Å². The van der Waals surface area contributed by atoms with Gasteiger partial charge in [0.2, 0.25) is 0 Å². The summed E-state index contributed by atoms with van der Waals surface area (Å²) in [7, 11) is 0. The highest BCUT2D eigenvalue weighted by atomic mass is 79.9. The van der Waals surface area contributed by atoms with Gasteiger partial charge in [-0.25, -0.2) is 9.07 Å². The summed E-state index contributed by atoms with van der Waals surface area (Å²) in [6.07, 6.45) is 3.40. The number of nitrogen functional groups attached to an aromatic ring is 1. The minimum absolute atomic E-state index is 0.350. The lowest BCUT2D eigenvalue weighted by atomic mass is 10.2. The molecule has 1 aromatic carbocycles. The third-order valence-electron chi connectivity index (χ3n) is 1.79. The first-order chi connectivity index (χ1) is 6.66. The first-order valence-corrected chi connectivity index (χ1v) is 4.72. The average molecular weight is 256 g/mol. The molecule has 0 fully saturated rings. The topological polar surface area (TPSA) is 43.8 Å². The summed E-state index contributed by atoms with van der Waals surface area (Å²) in [6, 6.07) is 4.20. The van der Waals surface area contributed by atoms with Gasteiger partial charge in [-0.3, -0.25) is 0 Å². The summed E-state index contributed by atoms with van der Waals surface area (Å²) in [6.45, 7) is 0. The number of hydrogen-bond acceptors (Lipinski definition) is 2. The van der Waals surface area contributed by atoms with E-state index >= 15 is 0 Å². The zero-order valence-corrected chi connectivity index (χ0v) is 8.70. The molecule has 0 atom stereocenters. The van der Waals surface area contributed by atoms with Crippen LogP contribution in [0.5, 0.6) is 0 Å². The molecule has 5 heteroatoms. The van der Waals surface area contributed by atoms with Crippen LogP contribution >= 0.6 is 15.9 Å². The van der Waals surface area contributed by atoms with Gasteiger partial charge < -0.3 is 5.73 Å². The Balaban J connectivity index is 2.52. The van der Waals surface area contributed by atoms with Crippen LogP contribution < -0.4 is 5.73 Å². The zero-order chi connectivity index (χ0) is 10.1. The van der Waals surface area contributed by atoms with E-state index in [1.165, 1.54) is 12.1 Å². The Morgan fingerprint density at radius 1 is 1.43 bits per heavy atom. The summed E-state index contributed by atoms with van der Waals surface area (Å²) >= 11 is 3.27. The molecule has 1 aromatic heterocycles. The molecular formula is C9H7BrFN3. The third-order valence-corrected chi connectivity index (χ3v) is 2.20. The SMILES string of the molecule is Nc1cc(F)ccc1-n1cc(Br)cn1. The number of anilines is 1. The molecule has 0 bridgehead atoms. The predicted molar refractivity (Wildman–Crippen MR) is 55.6 cm³/mol. The molecule has 0 aliphatic rings. The molecule has 0 spiro atoms. The molecule has 72 valence electrons. The standard InChI is InChI=1S/C9H7BrFN3/c10-6-4-13-14(5-6)9-2-1-7(11)3-8(9)12/h1-5H,12H2. The first-order valence-electron chi connectivity index (χ1n) is 3.92. The quantitative estimate of drug-likeness (QED) is 0.796. The van der Waals surface area contributed by atoms with Crippen molar-refractivity contribution in [1.82, 2.24) is 9.78 Å². The second-order valence-electron chi connectivity index (χ2n) is 2.81. The summed E-state index contributed by atoms with van der Waals surface area (Å²) in [4.78, 5) is 0. The summed E-state index contributed by atoms with van der Waals surface area (Å²) < 4.78 is 15.2. The molecule has 14 heavy (non-hydrogen) atoms. The van der Waals surface area contributed by atoms with E-state index in [0.717, 1.165) is 4.47 Å². The van der Waals surface area contributed by atoms with Gasteiger partial charge in [-0.1, -0.05) is 0 Å². The van der Waals surface area contributed by atoms with Gasteiger partial charge in [0.15, 0.2) is 0 Å². The van der Waals surface area contributed by atoms with E-state index < -0.39 is 0 Å². The van der Waals surface area contributed by atoms with Gasteiger partial charge in [-0.05, 0) is 34.1 Å². The number of nitrogens with two attached hydrogens (primary N) is 1. The normalized spacial score (nSPS) is 10.4. The van der Waals surface area contributed by atoms with Crippen LogP contribution in [0.3, 0.4) is 0 Å². The average Bonchev–Trinajstić information content (AvgIpc) is 2.51. The number of benzene rings is 1. The van der Waals surface area contributed by atoms with Crippen LogP contribution in [-0.2, 0) is 0 Å². The molecular weight excluding hydrogens is 249 g/mol. The lowest BCUT2D eigenvalue weighted by Crippen LogP contribution is -2.00. The van der Waals surface area contributed by atoms with Crippen LogP contribution in [-0.4, -0.2) is 9.78 Å². The molecule has 0 saturated heterocycles. The number of hydrogen-bond donors (Lipinski definition) is 1. The van der Waals surface area contributed by atoms with Crippen LogP contribution in [0.2, 0.25) is 0 Å². The fourth-order valence-electron chi connectivity index (χ4n) is 1.17. The Kier molecular flexibility index (Phi) is 2.25. The maximum atomic E-state index is 12.7. The third kappa shape index (κ3) is 1.63. The van der Waals surface area contributed by atoms with Gasteiger partial charge in [-0.15, -0.1) is 0 Å². The van der Waals surface area contributed by atoms with E-state index in [1.807, 2.05) is 0 Å². The van der Waals surface area contributed by atoms with Crippen LogP contribution in [0.1, 0.15) is 0 Å². The highest BCUT2D eigenvalue weighted by molar-refractivity contribution is 9.10. The van der Waals surface area contributed by atoms with Crippen molar-refractivity contribution in [3.05, 3.63) is 40.9 Å². The number of halogens is 2. The molecule has 0 radical (unpaired) electrons. The van der Waals surface area contributed by atoms with Gasteiger partial charge in [0.25, 0.3) is 0 Å². The molecule has 3 nitrogen and oxygen atoms in total. The van der Waals surface area contributed by atoms with Crippen molar-refractivity contribution in [2.24, 2.45) is 0 Å². The monoisotopic (exact) mass is 255 g/mol. The Labute approximate surface area is 88.5 Å². The fraction of sp³-hybridized carbons (Fsp3) is 0. The molecule has 0 aliphatic carbocycles. The van der Waals surface area contributed by atoms with Gasteiger partial charge >= 0.3 is 0 Å². The molecule has 2 N–H and O–H groups in total. The van der Waals surface area contributed by atoms with Crippen molar-refractivity contribution in [1.29, 1.82) is 0 Å². The second kappa shape index (κ2) is 3.42. The molecule has 2 rings (SSSR count). The van der Waals surface area contributed by atoms with E-state index in [2.05, 4.69) is 21.0 Å². The number of nitrogens with zero attached hydrogens (tertiary/aromatic N) is 2. The summed E-state index contributed by atoms with van der Waals surface area (Å²) in [5.74, 6) is -0.350. The Morgan fingerprint density at radius 2 is 2.21 bits per heavy atom. The van der Waals surface area contributed by atoms with Crippen LogP contribution in [0.25, 0.3) is 5.69 Å². The maximum absolute atomic E-state index is 12.7. The van der Waals surface area contributed by atoms with Gasteiger partial charge in [0.05, 0.1) is 22.0 Å². The Hall–Kier alpha value is -1.36. The molecule has 0 aliphatic heterocycles. The Bertz CT molecular complexity index is 467. The molecule has 2 aromatic rings. The van der Waals surface area contributed by atoms with Crippen molar-refractivity contribution in [3.63, 3.8) is 0 Å². The van der Waals surface area contributed by atoms with E-state index in [-0.39, 0.29) is 5.82 Å². The molecule has 1 heterocycles. The van der Waals surface area contributed by atoms with Crippen molar-refractivity contribution in [2.75, 3.05) is 5.73 Å². The predicted octanol–water partition coefficient (Wildman–Crippen LogP) is 2.36. The largest absolute Gasteiger partial charge is 0.397 e. The summed E-state index contributed by atoms with van der Waals surface area (Å²) in [5.41, 5.74) is 6.67. The smallest absolute Gasteiger partial charge is 0.125 e. The highest BCUT2D eigenvalue weighted by Crippen LogP contribution is 2.19. The van der Waals surface area contributed by atoms with Gasteiger partial charge in [0.1, 0.15) is 5.82 Å². The lowest BCUT2D eigenvalue weighted by molar-refractivity contribution is 0.628.